The number of anilines is 2. The van der Waals surface area contributed by atoms with E-state index >= 15 is 0 Å². The van der Waals surface area contributed by atoms with E-state index in [1.54, 1.807) is 25.1 Å². The van der Waals surface area contributed by atoms with Gasteiger partial charge in [0, 0.05) is 16.3 Å². The first-order chi connectivity index (χ1) is 15.7. The maximum absolute atomic E-state index is 13.3. The summed E-state index contributed by atoms with van der Waals surface area (Å²) >= 11 is -0.233. The molecule has 0 saturated heterocycles. The maximum atomic E-state index is 13.3. The summed E-state index contributed by atoms with van der Waals surface area (Å²) in [5.41, 5.74) is -3.09. The average Bonchev–Trinajstić information content (AvgIpc) is 3.18. The van der Waals surface area contributed by atoms with E-state index < -0.39 is 17.3 Å². The van der Waals surface area contributed by atoms with Gasteiger partial charge in [0.15, 0.2) is 0 Å². The number of rotatable bonds is 4. The molecule has 7 nitrogen and oxygen atoms in total. The predicted molar refractivity (Wildman–Crippen MR) is 116 cm³/mol. The molecule has 2 amide bonds. The SMILES string of the molecule is C[C@H]1Cn2ncc(C(=O)Nc3cccc(C#N)c3)c2C(=O)N1c1ccc(SC(F)(F)F)cc1. The Morgan fingerprint density at radius 3 is 2.64 bits per heavy atom. The standard InChI is InChI=1S/C22H16F3N5O2S/c1-13-12-29-19(18(11-27-29)20(31)28-15-4-2-3-14(9-15)10-26)21(32)30(13)16-5-7-17(8-6-16)33-22(23,24)25/h2-9,11,13H,12H2,1H3,(H,28,31)/t13-/m0/s1. The molecular formula is C22H16F3N5O2S. The van der Waals surface area contributed by atoms with Gasteiger partial charge in [-0.3, -0.25) is 14.3 Å². The lowest BCUT2D eigenvalue weighted by atomic mass is 10.1. The molecule has 3 aromatic rings. The first-order valence-electron chi connectivity index (χ1n) is 9.73. The van der Waals surface area contributed by atoms with Gasteiger partial charge in [-0.05, 0) is 61.2 Å². The van der Waals surface area contributed by atoms with Crippen LogP contribution in [0.3, 0.4) is 0 Å². The van der Waals surface area contributed by atoms with Crippen molar-refractivity contribution in [3.63, 3.8) is 0 Å². The van der Waals surface area contributed by atoms with Crippen molar-refractivity contribution in [1.29, 1.82) is 5.26 Å². The van der Waals surface area contributed by atoms with E-state index in [-0.39, 0.29) is 34.0 Å². The van der Waals surface area contributed by atoms with E-state index in [0.717, 1.165) is 0 Å². The summed E-state index contributed by atoms with van der Waals surface area (Å²) in [5, 5.41) is 15.9. The quantitative estimate of drug-likeness (QED) is 0.559. The zero-order valence-electron chi connectivity index (χ0n) is 17.1. The van der Waals surface area contributed by atoms with Crippen LogP contribution in [0.5, 0.6) is 0 Å². The number of carbonyl (C=O) groups is 2. The Hall–Kier alpha value is -3.78. The minimum absolute atomic E-state index is 0.00747. The highest BCUT2D eigenvalue weighted by atomic mass is 32.2. The Morgan fingerprint density at radius 1 is 1.24 bits per heavy atom. The fourth-order valence-corrected chi connectivity index (χ4v) is 4.15. The average molecular weight is 471 g/mol. The van der Waals surface area contributed by atoms with Gasteiger partial charge in [-0.15, -0.1) is 0 Å². The summed E-state index contributed by atoms with van der Waals surface area (Å²) < 4.78 is 39.3. The first-order valence-corrected chi connectivity index (χ1v) is 10.5. The Balaban J connectivity index is 1.60. The first kappa shape index (κ1) is 22.4. The van der Waals surface area contributed by atoms with Gasteiger partial charge in [0.1, 0.15) is 5.69 Å². The molecular weight excluding hydrogens is 455 g/mol. The van der Waals surface area contributed by atoms with Crippen molar-refractivity contribution in [3.8, 4) is 6.07 Å². The second-order valence-corrected chi connectivity index (χ2v) is 8.44. The zero-order chi connectivity index (χ0) is 23.8. The molecule has 2 aromatic carbocycles. The van der Waals surface area contributed by atoms with Crippen molar-refractivity contribution in [2.45, 2.75) is 29.9 Å². The van der Waals surface area contributed by atoms with Crippen LogP contribution in [0.2, 0.25) is 0 Å². The summed E-state index contributed by atoms with van der Waals surface area (Å²) in [7, 11) is 0. The van der Waals surface area contributed by atoms with Gasteiger partial charge in [0.05, 0.1) is 36.0 Å². The summed E-state index contributed by atoms with van der Waals surface area (Å²) in [4.78, 5) is 27.6. The zero-order valence-corrected chi connectivity index (χ0v) is 17.9. The fraction of sp³-hybridized carbons (Fsp3) is 0.182. The molecule has 1 atom stereocenters. The van der Waals surface area contributed by atoms with Crippen molar-refractivity contribution >= 4 is 35.0 Å². The van der Waals surface area contributed by atoms with E-state index in [1.807, 2.05) is 6.07 Å². The smallest absolute Gasteiger partial charge is 0.322 e. The van der Waals surface area contributed by atoms with E-state index in [1.165, 1.54) is 46.1 Å². The van der Waals surface area contributed by atoms with Gasteiger partial charge < -0.3 is 10.2 Å². The minimum Gasteiger partial charge on any atom is -0.322 e. The third kappa shape index (κ3) is 4.70. The number of hydrogen-bond donors (Lipinski definition) is 1. The number of halogens is 3. The molecule has 0 unspecified atom stereocenters. The Kier molecular flexibility index (Phi) is 5.86. The molecule has 168 valence electrons. The largest absolute Gasteiger partial charge is 0.446 e. The number of thioether (sulfide) groups is 1. The maximum Gasteiger partial charge on any atom is 0.446 e. The summed E-state index contributed by atoms with van der Waals surface area (Å²) in [5.74, 6) is -1.05. The fourth-order valence-electron chi connectivity index (χ4n) is 3.61. The molecule has 0 fully saturated rings. The molecule has 0 radical (unpaired) electrons. The number of aromatic nitrogens is 2. The van der Waals surface area contributed by atoms with Gasteiger partial charge in [-0.1, -0.05) is 6.07 Å². The topological polar surface area (TPSA) is 91.0 Å². The van der Waals surface area contributed by atoms with E-state index in [4.69, 9.17) is 5.26 Å². The number of amides is 2. The number of carbonyl (C=O) groups excluding carboxylic acids is 2. The van der Waals surface area contributed by atoms with Crippen LogP contribution in [0.25, 0.3) is 0 Å². The second kappa shape index (κ2) is 8.63. The third-order valence-corrected chi connectivity index (χ3v) is 5.72. The predicted octanol–water partition coefficient (Wildman–Crippen LogP) is 4.67. The van der Waals surface area contributed by atoms with Crippen molar-refractivity contribution < 1.29 is 22.8 Å². The molecule has 0 saturated carbocycles. The van der Waals surface area contributed by atoms with Gasteiger partial charge >= 0.3 is 5.51 Å². The molecule has 4 rings (SSSR count). The van der Waals surface area contributed by atoms with Crippen LogP contribution >= 0.6 is 11.8 Å². The molecule has 0 bridgehead atoms. The van der Waals surface area contributed by atoms with Gasteiger partial charge in [-0.2, -0.15) is 23.5 Å². The van der Waals surface area contributed by atoms with Gasteiger partial charge in [0.2, 0.25) is 0 Å². The molecule has 1 aromatic heterocycles. The van der Waals surface area contributed by atoms with Crippen LogP contribution in [0, 0.1) is 11.3 Å². The van der Waals surface area contributed by atoms with E-state index in [9.17, 15) is 22.8 Å². The lowest BCUT2D eigenvalue weighted by Crippen LogP contribution is -2.47. The van der Waals surface area contributed by atoms with Crippen LogP contribution in [0.1, 0.15) is 33.3 Å². The highest BCUT2D eigenvalue weighted by molar-refractivity contribution is 8.00. The molecule has 33 heavy (non-hydrogen) atoms. The number of hydrogen-bond acceptors (Lipinski definition) is 5. The summed E-state index contributed by atoms with van der Waals surface area (Å²) in [6.45, 7) is 2.09. The molecule has 1 aliphatic rings. The molecule has 0 aliphatic carbocycles. The number of alkyl halides is 3. The highest BCUT2D eigenvalue weighted by Crippen LogP contribution is 2.38. The van der Waals surface area contributed by atoms with E-state index in [2.05, 4.69) is 10.4 Å². The molecule has 2 heterocycles. The van der Waals surface area contributed by atoms with Crippen LogP contribution in [-0.4, -0.2) is 33.1 Å². The van der Waals surface area contributed by atoms with Crippen LogP contribution < -0.4 is 10.2 Å². The summed E-state index contributed by atoms with van der Waals surface area (Å²) in [6.07, 6.45) is 1.30. The van der Waals surface area contributed by atoms with Crippen molar-refractivity contribution in [3.05, 3.63) is 71.5 Å². The molecule has 1 aliphatic heterocycles. The molecule has 11 heteroatoms. The molecule has 1 N–H and O–H groups in total. The van der Waals surface area contributed by atoms with Crippen LogP contribution in [-0.2, 0) is 6.54 Å². The Labute approximate surface area is 190 Å². The highest BCUT2D eigenvalue weighted by Gasteiger charge is 2.36. The van der Waals surface area contributed by atoms with Crippen molar-refractivity contribution in [2.24, 2.45) is 0 Å². The van der Waals surface area contributed by atoms with Crippen LogP contribution in [0.15, 0.2) is 59.6 Å². The Morgan fingerprint density at radius 2 is 1.97 bits per heavy atom. The van der Waals surface area contributed by atoms with E-state index in [0.29, 0.717) is 23.5 Å². The summed E-state index contributed by atoms with van der Waals surface area (Å²) in [6, 6.07) is 13.5. The van der Waals surface area contributed by atoms with Crippen molar-refractivity contribution in [1.82, 2.24) is 9.78 Å². The monoisotopic (exact) mass is 471 g/mol. The Bertz CT molecular complexity index is 1260. The normalized spacial score (nSPS) is 15.7. The van der Waals surface area contributed by atoms with Gasteiger partial charge in [0.25, 0.3) is 11.8 Å². The third-order valence-electron chi connectivity index (χ3n) is 4.98. The van der Waals surface area contributed by atoms with Crippen molar-refractivity contribution in [2.75, 3.05) is 10.2 Å². The second-order valence-electron chi connectivity index (χ2n) is 7.30. The number of nitrogens with one attached hydrogen (secondary N) is 1. The number of nitriles is 1. The molecule has 0 spiro atoms. The number of benzene rings is 2. The lowest BCUT2D eigenvalue weighted by molar-refractivity contribution is -0.0328. The van der Waals surface area contributed by atoms with Crippen LogP contribution in [0.4, 0.5) is 24.5 Å². The van der Waals surface area contributed by atoms with Gasteiger partial charge in [-0.25, -0.2) is 0 Å². The number of fused-ring (bicyclic) bond motifs is 1. The lowest BCUT2D eigenvalue weighted by Gasteiger charge is -2.34. The number of nitrogens with zero attached hydrogens (tertiary/aromatic N) is 4. The minimum atomic E-state index is -4.41.